The fourth-order valence-electron chi connectivity index (χ4n) is 1.79. The molecule has 0 saturated heterocycles. The van der Waals surface area contributed by atoms with Crippen LogP contribution in [0.4, 0.5) is 0 Å². The molecule has 0 fully saturated rings. The molecule has 100 valence electrons. The lowest BCUT2D eigenvalue weighted by Crippen LogP contribution is -2.19. The van der Waals surface area contributed by atoms with Crippen LogP contribution in [0.1, 0.15) is 40.9 Å². The number of aromatic hydroxyl groups is 1. The molecule has 0 saturated carbocycles. The molecule has 0 spiro atoms. The standard InChI is InChI=1S/C13H17ClO4/c1-7-5-10(8(2)15)12(17)6-9(7)13(18)11(16)3-4-14/h5-6,11,13,16-18H,3-4H2,1-2H3. The lowest BCUT2D eigenvalue weighted by Gasteiger charge is -2.20. The summed E-state index contributed by atoms with van der Waals surface area (Å²) >= 11 is 5.50. The molecule has 0 aliphatic heterocycles. The Morgan fingerprint density at radius 3 is 2.50 bits per heavy atom. The van der Waals surface area contributed by atoms with E-state index in [1.807, 2.05) is 0 Å². The number of carbonyl (C=O) groups excluding carboxylic acids is 1. The molecule has 1 aromatic carbocycles. The molecule has 5 heteroatoms. The number of hydrogen-bond acceptors (Lipinski definition) is 4. The highest BCUT2D eigenvalue weighted by molar-refractivity contribution is 6.17. The van der Waals surface area contributed by atoms with E-state index < -0.39 is 12.2 Å². The molecule has 1 aromatic rings. The van der Waals surface area contributed by atoms with Crippen LogP contribution in [0.25, 0.3) is 0 Å². The van der Waals surface area contributed by atoms with Gasteiger partial charge in [0.1, 0.15) is 11.9 Å². The van der Waals surface area contributed by atoms with Crippen molar-refractivity contribution in [1.82, 2.24) is 0 Å². The zero-order chi connectivity index (χ0) is 13.9. The van der Waals surface area contributed by atoms with Crippen LogP contribution in [-0.2, 0) is 0 Å². The molecule has 0 radical (unpaired) electrons. The Morgan fingerprint density at radius 2 is 2.00 bits per heavy atom. The number of phenolic OH excluding ortho intramolecular Hbond substituents is 1. The number of aliphatic hydroxyl groups excluding tert-OH is 2. The van der Waals surface area contributed by atoms with Gasteiger partial charge in [-0.1, -0.05) is 0 Å². The van der Waals surface area contributed by atoms with Gasteiger partial charge in [0, 0.05) is 5.88 Å². The summed E-state index contributed by atoms with van der Waals surface area (Å²) in [6.45, 7) is 3.06. The van der Waals surface area contributed by atoms with E-state index in [4.69, 9.17) is 11.6 Å². The minimum atomic E-state index is -1.13. The summed E-state index contributed by atoms with van der Waals surface area (Å²) in [4.78, 5) is 11.2. The largest absolute Gasteiger partial charge is 0.507 e. The van der Waals surface area contributed by atoms with Crippen molar-refractivity contribution in [3.8, 4) is 5.75 Å². The van der Waals surface area contributed by atoms with Gasteiger partial charge in [-0.3, -0.25) is 4.79 Å². The Hall–Kier alpha value is -1.10. The number of rotatable bonds is 5. The lowest BCUT2D eigenvalue weighted by molar-refractivity contribution is 0.0165. The normalized spacial score (nSPS) is 14.3. The van der Waals surface area contributed by atoms with E-state index >= 15 is 0 Å². The summed E-state index contributed by atoms with van der Waals surface area (Å²) in [5.74, 6) is -0.215. The number of aliphatic hydroxyl groups is 2. The highest BCUT2D eigenvalue weighted by Crippen LogP contribution is 2.29. The minimum absolute atomic E-state index is 0.194. The average Bonchev–Trinajstić information content (AvgIpc) is 2.30. The van der Waals surface area contributed by atoms with Gasteiger partial charge in [0.05, 0.1) is 11.7 Å². The zero-order valence-corrected chi connectivity index (χ0v) is 11.1. The first kappa shape index (κ1) is 15.0. The molecule has 0 bridgehead atoms. The van der Waals surface area contributed by atoms with Crippen molar-refractivity contribution in [2.45, 2.75) is 32.5 Å². The van der Waals surface area contributed by atoms with E-state index in [1.54, 1.807) is 6.92 Å². The van der Waals surface area contributed by atoms with Gasteiger partial charge in [-0.2, -0.15) is 0 Å². The number of benzene rings is 1. The quantitative estimate of drug-likeness (QED) is 0.565. The number of halogens is 1. The second-order valence-corrected chi connectivity index (χ2v) is 4.65. The number of ketones is 1. The third-order valence-electron chi connectivity index (χ3n) is 2.85. The second-order valence-electron chi connectivity index (χ2n) is 4.27. The van der Waals surface area contributed by atoms with Gasteiger partial charge in [0.25, 0.3) is 0 Å². The van der Waals surface area contributed by atoms with Crippen molar-refractivity contribution in [2.75, 3.05) is 5.88 Å². The Bertz CT molecular complexity index is 445. The van der Waals surface area contributed by atoms with Crippen LogP contribution < -0.4 is 0 Å². The molecule has 0 aliphatic carbocycles. The van der Waals surface area contributed by atoms with Crippen LogP contribution in [-0.4, -0.2) is 33.1 Å². The van der Waals surface area contributed by atoms with Gasteiger partial charge in [-0.15, -0.1) is 11.6 Å². The van der Waals surface area contributed by atoms with Gasteiger partial charge < -0.3 is 15.3 Å². The molecular formula is C13H17ClO4. The molecule has 0 aliphatic rings. The predicted octanol–water partition coefficient (Wildman–Crippen LogP) is 1.93. The first-order valence-corrected chi connectivity index (χ1v) is 6.18. The van der Waals surface area contributed by atoms with Gasteiger partial charge in [0.2, 0.25) is 0 Å². The summed E-state index contributed by atoms with van der Waals surface area (Å²) in [5, 5.41) is 29.3. The maximum atomic E-state index is 11.2. The van der Waals surface area contributed by atoms with Gasteiger partial charge in [-0.05, 0) is 43.5 Å². The molecule has 4 nitrogen and oxygen atoms in total. The number of phenols is 1. The summed E-state index contributed by atoms with van der Waals surface area (Å²) in [6.07, 6.45) is -1.88. The maximum Gasteiger partial charge on any atom is 0.163 e. The van der Waals surface area contributed by atoms with E-state index in [2.05, 4.69) is 0 Å². The van der Waals surface area contributed by atoms with Crippen molar-refractivity contribution in [1.29, 1.82) is 0 Å². The van der Waals surface area contributed by atoms with Crippen molar-refractivity contribution >= 4 is 17.4 Å². The van der Waals surface area contributed by atoms with Crippen molar-refractivity contribution in [3.05, 3.63) is 28.8 Å². The number of carbonyl (C=O) groups is 1. The average molecular weight is 273 g/mol. The Labute approximate surface area is 111 Å². The lowest BCUT2D eigenvalue weighted by atomic mass is 9.95. The summed E-state index contributed by atoms with van der Waals surface area (Å²) in [6, 6.07) is 2.82. The van der Waals surface area contributed by atoms with Crippen LogP contribution in [0.5, 0.6) is 5.75 Å². The van der Waals surface area contributed by atoms with Crippen LogP contribution >= 0.6 is 11.6 Å². The molecule has 3 N–H and O–H groups in total. The number of alkyl halides is 1. The van der Waals surface area contributed by atoms with E-state index in [1.165, 1.54) is 19.1 Å². The van der Waals surface area contributed by atoms with Crippen LogP contribution in [0.15, 0.2) is 12.1 Å². The smallest absolute Gasteiger partial charge is 0.163 e. The zero-order valence-electron chi connectivity index (χ0n) is 10.4. The van der Waals surface area contributed by atoms with Gasteiger partial charge in [0.15, 0.2) is 5.78 Å². The molecule has 0 aromatic heterocycles. The minimum Gasteiger partial charge on any atom is -0.507 e. The number of aryl methyl sites for hydroxylation is 1. The van der Waals surface area contributed by atoms with Gasteiger partial charge >= 0.3 is 0 Å². The highest BCUT2D eigenvalue weighted by Gasteiger charge is 2.21. The second kappa shape index (κ2) is 6.18. The highest BCUT2D eigenvalue weighted by atomic mass is 35.5. The molecule has 2 unspecified atom stereocenters. The van der Waals surface area contributed by atoms with Crippen molar-refractivity contribution < 1.29 is 20.1 Å². The number of Topliss-reactive ketones (excluding diaryl/α,β-unsaturated/α-hetero) is 1. The SMILES string of the molecule is CC(=O)c1cc(C)c(C(O)C(O)CCCl)cc1O. The Kier molecular flexibility index (Phi) is 5.14. The summed E-state index contributed by atoms with van der Waals surface area (Å²) < 4.78 is 0. The molecule has 0 amide bonds. The predicted molar refractivity (Wildman–Crippen MR) is 69.2 cm³/mol. The van der Waals surface area contributed by atoms with Crippen LogP contribution in [0, 0.1) is 6.92 Å². The third-order valence-corrected chi connectivity index (χ3v) is 3.07. The van der Waals surface area contributed by atoms with Gasteiger partial charge in [-0.25, -0.2) is 0 Å². The van der Waals surface area contributed by atoms with E-state index in [9.17, 15) is 20.1 Å². The number of hydrogen-bond donors (Lipinski definition) is 3. The van der Waals surface area contributed by atoms with Crippen LogP contribution in [0.2, 0.25) is 0 Å². The molecule has 18 heavy (non-hydrogen) atoms. The molecule has 1 rings (SSSR count). The molecule has 0 heterocycles. The fraction of sp³-hybridized carbons (Fsp3) is 0.462. The summed E-state index contributed by atoms with van der Waals surface area (Å²) in [5.41, 5.74) is 1.24. The monoisotopic (exact) mass is 272 g/mol. The molecular weight excluding hydrogens is 256 g/mol. The Morgan fingerprint density at radius 1 is 1.39 bits per heavy atom. The van der Waals surface area contributed by atoms with E-state index in [0.29, 0.717) is 11.1 Å². The molecule has 2 atom stereocenters. The maximum absolute atomic E-state index is 11.2. The van der Waals surface area contributed by atoms with Crippen LogP contribution in [0.3, 0.4) is 0 Å². The summed E-state index contributed by atoms with van der Waals surface area (Å²) in [7, 11) is 0. The van der Waals surface area contributed by atoms with E-state index in [-0.39, 0.29) is 29.4 Å². The first-order chi connectivity index (χ1) is 8.38. The third kappa shape index (κ3) is 3.22. The van der Waals surface area contributed by atoms with Crippen molar-refractivity contribution in [3.63, 3.8) is 0 Å². The van der Waals surface area contributed by atoms with Crippen molar-refractivity contribution in [2.24, 2.45) is 0 Å². The van der Waals surface area contributed by atoms with E-state index in [0.717, 1.165) is 0 Å². The topological polar surface area (TPSA) is 77.8 Å². The Balaban J connectivity index is 3.11. The fourth-order valence-corrected chi connectivity index (χ4v) is 2.01. The first-order valence-electron chi connectivity index (χ1n) is 5.65.